The van der Waals surface area contributed by atoms with Gasteiger partial charge >= 0.3 is 0 Å². The number of nitrogens with zero attached hydrogens (tertiary/aromatic N) is 4. The Morgan fingerprint density at radius 3 is 2.84 bits per heavy atom. The van der Waals surface area contributed by atoms with Crippen LogP contribution in [0.3, 0.4) is 0 Å². The second-order valence-corrected chi connectivity index (χ2v) is 6.27. The maximum Gasteiger partial charge on any atom is 0.251 e. The van der Waals surface area contributed by atoms with E-state index in [-0.39, 0.29) is 5.91 Å². The van der Waals surface area contributed by atoms with E-state index in [9.17, 15) is 4.79 Å². The molecule has 3 aromatic rings. The summed E-state index contributed by atoms with van der Waals surface area (Å²) < 4.78 is 2.57. The molecule has 0 aliphatic rings. The molecule has 25 heavy (non-hydrogen) atoms. The molecule has 0 bridgehead atoms. The van der Waals surface area contributed by atoms with Crippen molar-refractivity contribution in [3.63, 3.8) is 0 Å². The van der Waals surface area contributed by atoms with Crippen LogP contribution in [0, 0.1) is 6.92 Å². The van der Waals surface area contributed by atoms with Crippen LogP contribution >= 0.6 is 15.9 Å². The quantitative estimate of drug-likeness (QED) is 0.621. The predicted octanol–water partition coefficient (Wildman–Crippen LogP) is 2.58. The predicted molar refractivity (Wildman–Crippen MR) is 98.9 cm³/mol. The first kappa shape index (κ1) is 17.1. The van der Waals surface area contributed by atoms with E-state index in [0.29, 0.717) is 30.3 Å². The number of carbonyl (C=O) groups is 1. The molecule has 3 rings (SSSR count). The van der Waals surface area contributed by atoms with Gasteiger partial charge in [-0.05, 0) is 31.2 Å². The monoisotopic (exact) mass is 400 g/mol. The highest BCUT2D eigenvalue weighted by Crippen LogP contribution is 2.11. The molecule has 0 saturated heterocycles. The highest BCUT2D eigenvalue weighted by Gasteiger charge is 2.05. The van der Waals surface area contributed by atoms with Crippen molar-refractivity contribution in [2.24, 2.45) is 0 Å². The summed E-state index contributed by atoms with van der Waals surface area (Å²) in [5, 5.41) is 10.3. The van der Waals surface area contributed by atoms with Gasteiger partial charge in [0.15, 0.2) is 5.82 Å². The van der Waals surface area contributed by atoms with Gasteiger partial charge in [-0.3, -0.25) is 4.79 Å². The summed E-state index contributed by atoms with van der Waals surface area (Å²) in [7, 11) is 0. The minimum absolute atomic E-state index is 0.113. The highest BCUT2D eigenvalue weighted by atomic mass is 79.9. The Bertz CT molecular complexity index is 879. The van der Waals surface area contributed by atoms with Crippen molar-refractivity contribution in [3.05, 3.63) is 64.7 Å². The molecule has 0 unspecified atom stereocenters. The molecule has 0 aliphatic carbocycles. The van der Waals surface area contributed by atoms with Gasteiger partial charge in [0.2, 0.25) is 0 Å². The Kier molecular flexibility index (Phi) is 5.39. The lowest BCUT2D eigenvalue weighted by molar-refractivity contribution is 0.0955. The van der Waals surface area contributed by atoms with E-state index < -0.39 is 0 Å². The number of aryl methyl sites for hydroxylation is 1. The lowest BCUT2D eigenvalue weighted by Gasteiger charge is -2.08. The number of anilines is 1. The van der Waals surface area contributed by atoms with Gasteiger partial charge in [-0.2, -0.15) is 5.10 Å². The van der Waals surface area contributed by atoms with E-state index in [0.717, 1.165) is 10.2 Å². The lowest BCUT2D eigenvalue weighted by atomic mass is 10.2. The van der Waals surface area contributed by atoms with Crippen LogP contribution in [0.25, 0.3) is 5.82 Å². The minimum Gasteiger partial charge on any atom is -0.368 e. The normalized spacial score (nSPS) is 10.5. The van der Waals surface area contributed by atoms with Crippen LogP contribution in [0.5, 0.6) is 0 Å². The number of aromatic nitrogens is 4. The summed E-state index contributed by atoms with van der Waals surface area (Å²) in [5.41, 5.74) is 1.54. The van der Waals surface area contributed by atoms with Crippen LogP contribution in [-0.4, -0.2) is 38.7 Å². The fraction of sp³-hybridized carbons (Fsp3) is 0.176. The third kappa shape index (κ3) is 4.63. The van der Waals surface area contributed by atoms with Gasteiger partial charge in [0.1, 0.15) is 12.1 Å². The number of rotatable bonds is 6. The van der Waals surface area contributed by atoms with E-state index in [1.807, 2.05) is 37.4 Å². The van der Waals surface area contributed by atoms with Gasteiger partial charge in [0, 0.05) is 35.4 Å². The van der Waals surface area contributed by atoms with E-state index in [1.54, 1.807) is 16.8 Å². The summed E-state index contributed by atoms with van der Waals surface area (Å²) in [6, 6.07) is 11.0. The molecule has 0 saturated carbocycles. The first-order chi connectivity index (χ1) is 12.1. The van der Waals surface area contributed by atoms with Gasteiger partial charge in [-0.1, -0.05) is 22.0 Å². The molecular formula is C17H17BrN6O. The average molecular weight is 401 g/mol. The molecule has 2 heterocycles. The molecule has 0 aliphatic heterocycles. The zero-order valence-electron chi connectivity index (χ0n) is 13.6. The van der Waals surface area contributed by atoms with Gasteiger partial charge in [-0.25, -0.2) is 14.6 Å². The molecule has 0 fully saturated rings. The third-order valence-corrected chi connectivity index (χ3v) is 3.91. The number of halogens is 1. The first-order valence-electron chi connectivity index (χ1n) is 7.74. The fourth-order valence-corrected chi connectivity index (χ4v) is 2.61. The number of carbonyl (C=O) groups excluding carboxylic acids is 1. The van der Waals surface area contributed by atoms with Crippen LogP contribution in [0.15, 0.2) is 53.4 Å². The lowest BCUT2D eigenvalue weighted by Crippen LogP contribution is -2.28. The number of nitrogens with one attached hydrogen (secondary N) is 2. The summed E-state index contributed by atoms with van der Waals surface area (Å²) >= 11 is 3.36. The van der Waals surface area contributed by atoms with Crippen molar-refractivity contribution in [2.75, 3.05) is 18.4 Å². The summed E-state index contributed by atoms with van der Waals surface area (Å²) in [4.78, 5) is 20.4. The number of amides is 1. The molecule has 0 spiro atoms. The summed E-state index contributed by atoms with van der Waals surface area (Å²) in [6.07, 6.45) is 3.33. The Morgan fingerprint density at radius 1 is 1.20 bits per heavy atom. The molecule has 2 aromatic heterocycles. The molecule has 8 heteroatoms. The van der Waals surface area contributed by atoms with Gasteiger partial charge in [0.05, 0.1) is 5.69 Å². The third-order valence-electron chi connectivity index (χ3n) is 3.41. The standard InChI is InChI=1S/C17H17BrN6O/c1-12-5-8-24(23-12)16-10-15(21-11-22-16)19-6-7-20-17(25)13-3-2-4-14(18)9-13/h2-5,8-11H,6-7H2,1H3,(H,20,25)(H,19,21,22). The van der Waals surface area contributed by atoms with E-state index in [2.05, 4.69) is 41.6 Å². The van der Waals surface area contributed by atoms with Crippen molar-refractivity contribution in [2.45, 2.75) is 6.92 Å². The van der Waals surface area contributed by atoms with Crippen molar-refractivity contribution in [1.82, 2.24) is 25.1 Å². The van der Waals surface area contributed by atoms with Crippen molar-refractivity contribution in [1.29, 1.82) is 0 Å². The molecule has 7 nitrogen and oxygen atoms in total. The second kappa shape index (κ2) is 7.89. The van der Waals surface area contributed by atoms with Crippen LogP contribution < -0.4 is 10.6 Å². The van der Waals surface area contributed by atoms with E-state index in [1.165, 1.54) is 6.33 Å². The van der Waals surface area contributed by atoms with Crippen LogP contribution in [-0.2, 0) is 0 Å². The van der Waals surface area contributed by atoms with Crippen molar-refractivity contribution < 1.29 is 4.79 Å². The second-order valence-electron chi connectivity index (χ2n) is 5.36. The molecule has 0 atom stereocenters. The SMILES string of the molecule is Cc1ccn(-c2cc(NCCNC(=O)c3cccc(Br)c3)ncn2)n1. The largest absolute Gasteiger partial charge is 0.368 e. The molecule has 128 valence electrons. The first-order valence-corrected chi connectivity index (χ1v) is 8.53. The Balaban J connectivity index is 1.51. The van der Waals surface area contributed by atoms with E-state index >= 15 is 0 Å². The van der Waals surface area contributed by atoms with Crippen LogP contribution in [0.4, 0.5) is 5.82 Å². The molecule has 2 N–H and O–H groups in total. The smallest absolute Gasteiger partial charge is 0.251 e. The average Bonchev–Trinajstić information content (AvgIpc) is 3.05. The molecule has 1 aromatic carbocycles. The Labute approximate surface area is 153 Å². The number of hydrogen-bond acceptors (Lipinski definition) is 5. The van der Waals surface area contributed by atoms with Crippen molar-refractivity contribution >= 4 is 27.7 Å². The Hall–Kier alpha value is -2.74. The minimum atomic E-state index is -0.113. The maximum atomic E-state index is 12.1. The summed E-state index contributed by atoms with van der Waals surface area (Å²) in [5.74, 6) is 1.25. The topological polar surface area (TPSA) is 84.7 Å². The Morgan fingerprint density at radius 2 is 2.08 bits per heavy atom. The molecular weight excluding hydrogens is 384 g/mol. The maximum absolute atomic E-state index is 12.1. The highest BCUT2D eigenvalue weighted by molar-refractivity contribution is 9.10. The van der Waals surface area contributed by atoms with Gasteiger partial charge < -0.3 is 10.6 Å². The number of benzene rings is 1. The zero-order valence-corrected chi connectivity index (χ0v) is 15.2. The molecule has 1 amide bonds. The van der Waals surface area contributed by atoms with Gasteiger partial charge in [0.25, 0.3) is 5.91 Å². The van der Waals surface area contributed by atoms with Crippen LogP contribution in [0.1, 0.15) is 16.1 Å². The van der Waals surface area contributed by atoms with Crippen molar-refractivity contribution in [3.8, 4) is 5.82 Å². The van der Waals surface area contributed by atoms with E-state index in [4.69, 9.17) is 0 Å². The number of hydrogen-bond donors (Lipinski definition) is 2. The fourth-order valence-electron chi connectivity index (χ4n) is 2.21. The zero-order chi connectivity index (χ0) is 17.6. The molecule has 0 radical (unpaired) electrons. The van der Waals surface area contributed by atoms with Crippen LogP contribution in [0.2, 0.25) is 0 Å². The summed E-state index contributed by atoms with van der Waals surface area (Å²) in [6.45, 7) is 2.95. The van der Waals surface area contributed by atoms with Gasteiger partial charge in [-0.15, -0.1) is 0 Å².